The Morgan fingerprint density at radius 1 is 0.509 bits per heavy atom. The van der Waals surface area contributed by atoms with Crippen LogP contribution >= 0.6 is 0 Å². The van der Waals surface area contributed by atoms with Gasteiger partial charge in [-0.2, -0.15) is 0 Å². The number of fused-ring (bicyclic) bond motifs is 4. The normalized spacial score (nSPS) is 16.0. The summed E-state index contributed by atoms with van der Waals surface area (Å²) in [7, 11) is 2.20. The zero-order valence-electron chi connectivity index (χ0n) is 31.8. The van der Waals surface area contributed by atoms with Crippen LogP contribution in [0.15, 0.2) is 166 Å². The highest BCUT2D eigenvalue weighted by Gasteiger charge is 2.33. The van der Waals surface area contributed by atoms with E-state index in [0.29, 0.717) is 6.67 Å². The van der Waals surface area contributed by atoms with Gasteiger partial charge in [-0.15, -0.1) is 0 Å². The maximum Gasteiger partial charge on any atom is 0.0969 e. The lowest BCUT2D eigenvalue weighted by Gasteiger charge is -2.24. The van der Waals surface area contributed by atoms with E-state index in [-0.39, 0.29) is 0 Å². The minimum Gasteiger partial charge on any atom is -0.354 e. The molecule has 55 heavy (non-hydrogen) atoms. The highest BCUT2D eigenvalue weighted by atomic mass is 15.3. The van der Waals surface area contributed by atoms with Gasteiger partial charge >= 0.3 is 0 Å². The second-order valence-electron chi connectivity index (χ2n) is 15.2. The number of likely N-dealkylation sites (N-methyl/N-ethyl adjacent to an activating group) is 1. The molecule has 4 aliphatic heterocycles. The number of hydrogen-bond donors (Lipinski definition) is 1. The van der Waals surface area contributed by atoms with Crippen LogP contribution in [0.5, 0.6) is 0 Å². The number of hydrogen-bond acceptors (Lipinski definition) is 3. The summed E-state index contributed by atoms with van der Waals surface area (Å²) in [5.74, 6) is 0. The topological polar surface area (TPSA) is 48.7 Å². The maximum atomic E-state index is 5.52. The molecule has 2 aromatic heterocycles. The van der Waals surface area contributed by atoms with Crippen LogP contribution in [0.3, 0.4) is 0 Å². The molecule has 0 saturated carbocycles. The van der Waals surface area contributed by atoms with Crippen LogP contribution < -0.4 is 10.7 Å². The molecular formula is C50H41N5. The van der Waals surface area contributed by atoms with E-state index >= 15 is 0 Å². The van der Waals surface area contributed by atoms with Gasteiger partial charge in [0.2, 0.25) is 0 Å². The van der Waals surface area contributed by atoms with Crippen molar-refractivity contribution in [3.63, 3.8) is 0 Å². The van der Waals surface area contributed by atoms with Crippen molar-refractivity contribution in [2.75, 3.05) is 7.05 Å². The summed E-state index contributed by atoms with van der Waals surface area (Å²) in [6.07, 6.45) is 6.46. The first kappa shape index (κ1) is 32.9. The van der Waals surface area contributed by atoms with Crippen molar-refractivity contribution in [2.45, 2.75) is 34.4 Å². The van der Waals surface area contributed by atoms with Gasteiger partial charge in [-0.05, 0) is 86.4 Å². The largest absolute Gasteiger partial charge is 0.354 e. The quantitative estimate of drug-likeness (QED) is 0.195. The molecule has 0 atom stereocenters. The zero-order valence-corrected chi connectivity index (χ0v) is 31.8. The summed E-state index contributed by atoms with van der Waals surface area (Å²) < 4.78 is 2.46. The number of allylic oxidation sites excluding steroid dienone is 3. The van der Waals surface area contributed by atoms with Crippen molar-refractivity contribution >= 4 is 34.2 Å². The zero-order chi connectivity index (χ0) is 37.4. The SMILES string of the molecule is Cc1ccc(C2=C3C=CC(=N3)C(c3ccc(C)cc3)=c3ccc([nH]3)=C(c3ccc(C)cc3)C3=C4C(=C(c5ccc(C)cc5)c5ccc2n5CN4C)N=C3)cc1. The Bertz CT molecular complexity index is 2880. The molecule has 10 rings (SSSR count). The molecule has 0 spiro atoms. The molecule has 6 heterocycles. The average molecular weight is 712 g/mol. The molecule has 4 aromatic carbocycles. The molecule has 4 aliphatic rings. The number of aromatic nitrogens is 2. The molecule has 0 saturated heterocycles. The van der Waals surface area contributed by atoms with E-state index in [1.165, 1.54) is 22.3 Å². The van der Waals surface area contributed by atoms with E-state index in [1.807, 2.05) is 0 Å². The predicted molar refractivity (Wildman–Crippen MR) is 226 cm³/mol. The standard InChI is InChI=1S/C50H41N5/c1-30-6-14-34(15-7-30)45-38-28-51-49-48(37-20-12-33(4)13-21-37)44-27-26-43(55(44)29-54(5)50(38)49)47(36-18-10-32(3)11-19-36)42-25-24-41(53-42)46(40-23-22-39(45)52-40)35-16-8-31(2)9-17-35/h6-28,52H,29H2,1-5H3. The van der Waals surface area contributed by atoms with Gasteiger partial charge in [-0.1, -0.05) is 119 Å². The van der Waals surface area contributed by atoms with E-state index in [2.05, 4.69) is 189 Å². The Kier molecular flexibility index (Phi) is 7.60. The van der Waals surface area contributed by atoms with Crippen LogP contribution in [-0.2, 0) is 6.67 Å². The number of nitrogens with zero attached hydrogens (tertiary/aromatic N) is 4. The first-order chi connectivity index (χ1) is 26.8. The number of rotatable bonds is 4. The first-order valence-electron chi connectivity index (χ1n) is 19.0. The van der Waals surface area contributed by atoms with Crippen LogP contribution in [-0.4, -0.2) is 33.4 Å². The van der Waals surface area contributed by atoms with Gasteiger partial charge in [0, 0.05) is 51.8 Å². The molecule has 0 radical (unpaired) electrons. The van der Waals surface area contributed by atoms with E-state index in [9.17, 15) is 0 Å². The lowest BCUT2D eigenvalue weighted by molar-refractivity contribution is 0.343. The molecule has 1 N–H and O–H groups in total. The van der Waals surface area contributed by atoms with Crippen molar-refractivity contribution < 1.29 is 0 Å². The average Bonchev–Trinajstić information content (AvgIpc) is 4.01. The summed E-state index contributed by atoms with van der Waals surface area (Å²) in [6.45, 7) is 9.18. The Morgan fingerprint density at radius 3 is 1.55 bits per heavy atom. The van der Waals surface area contributed by atoms with Crippen LogP contribution in [0.1, 0.15) is 55.9 Å². The Hall–Kier alpha value is -6.72. The summed E-state index contributed by atoms with van der Waals surface area (Å²) in [5, 5.41) is 2.04. The second-order valence-corrected chi connectivity index (χ2v) is 15.2. The van der Waals surface area contributed by atoms with Crippen molar-refractivity contribution in [1.82, 2.24) is 14.5 Å². The van der Waals surface area contributed by atoms with Gasteiger partial charge in [-0.3, -0.25) is 4.99 Å². The van der Waals surface area contributed by atoms with Crippen LogP contribution in [0, 0.1) is 27.7 Å². The van der Waals surface area contributed by atoms with Crippen molar-refractivity contribution in [1.29, 1.82) is 0 Å². The minimum atomic E-state index is 0.625. The number of nitrogens with one attached hydrogen (secondary N) is 1. The number of H-pyrrole nitrogens is 1. The number of aryl methyl sites for hydroxylation is 4. The lowest BCUT2D eigenvalue weighted by Crippen LogP contribution is -2.24. The monoisotopic (exact) mass is 711 g/mol. The molecule has 0 amide bonds. The van der Waals surface area contributed by atoms with Crippen LogP contribution in [0.4, 0.5) is 0 Å². The van der Waals surface area contributed by atoms with Gasteiger partial charge in [-0.25, -0.2) is 4.99 Å². The van der Waals surface area contributed by atoms with Gasteiger partial charge in [0.1, 0.15) is 0 Å². The van der Waals surface area contributed by atoms with Crippen LogP contribution in [0.2, 0.25) is 0 Å². The molecule has 0 unspecified atom stereocenters. The van der Waals surface area contributed by atoms with E-state index in [0.717, 1.165) is 95.0 Å². The van der Waals surface area contributed by atoms with Crippen molar-refractivity contribution in [3.8, 4) is 0 Å². The van der Waals surface area contributed by atoms with E-state index in [1.54, 1.807) is 0 Å². The lowest BCUT2D eigenvalue weighted by atomic mass is 9.93. The number of aromatic amines is 1. The summed E-state index contributed by atoms with van der Waals surface area (Å²) >= 11 is 0. The molecule has 6 aromatic rings. The third-order valence-electron chi connectivity index (χ3n) is 11.3. The number of benzene rings is 4. The third kappa shape index (κ3) is 5.46. The van der Waals surface area contributed by atoms with Gasteiger partial charge < -0.3 is 14.5 Å². The van der Waals surface area contributed by atoms with Crippen LogP contribution in [0.25, 0.3) is 22.3 Å². The van der Waals surface area contributed by atoms with Crippen molar-refractivity contribution in [2.24, 2.45) is 9.98 Å². The van der Waals surface area contributed by atoms with E-state index in [4.69, 9.17) is 9.98 Å². The Labute approximate surface area is 321 Å². The fourth-order valence-corrected chi connectivity index (χ4v) is 8.41. The molecule has 5 heteroatoms. The smallest absolute Gasteiger partial charge is 0.0969 e. The Morgan fingerprint density at radius 2 is 0.982 bits per heavy atom. The molecule has 0 aliphatic carbocycles. The molecule has 6 bridgehead atoms. The summed E-state index contributed by atoms with van der Waals surface area (Å²) in [6, 6.07) is 44.4. The van der Waals surface area contributed by atoms with Crippen molar-refractivity contribution in [3.05, 3.63) is 223 Å². The molecule has 0 fully saturated rings. The summed E-state index contributed by atoms with van der Waals surface area (Å²) in [4.78, 5) is 17.2. The second kappa shape index (κ2) is 12.7. The number of aliphatic imine (C=N–C) groups is 2. The fourth-order valence-electron chi connectivity index (χ4n) is 8.41. The van der Waals surface area contributed by atoms with E-state index < -0.39 is 0 Å². The fraction of sp³-hybridized carbons (Fsp3) is 0.120. The third-order valence-corrected chi connectivity index (χ3v) is 11.3. The summed E-state index contributed by atoms with van der Waals surface area (Å²) in [5.41, 5.74) is 21.1. The highest BCUT2D eigenvalue weighted by Crippen LogP contribution is 2.44. The molecule has 266 valence electrons. The Balaban J connectivity index is 1.39. The van der Waals surface area contributed by atoms with Gasteiger partial charge in [0.25, 0.3) is 0 Å². The highest BCUT2D eigenvalue weighted by molar-refractivity contribution is 6.30. The predicted octanol–water partition coefficient (Wildman–Crippen LogP) is 8.93. The molecular weight excluding hydrogens is 671 g/mol. The maximum absolute atomic E-state index is 5.52. The minimum absolute atomic E-state index is 0.625. The van der Waals surface area contributed by atoms with Gasteiger partial charge in [0.15, 0.2) is 0 Å². The molecule has 5 nitrogen and oxygen atoms in total. The van der Waals surface area contributed by atoms with Gasteiger partial charge in [0.05, 0.1) is 40.9 Å². The first-order valence-corrected chi connectivity index (χ1v) is 19.0.